The van der Waals surface area contributed by atoms with Crippen molar-refractivity contribution in [2.45, 2.75) is 500 Å². The van der Waals surface area contributed by atoms with E-state index in [4.69, 9.17) is 18.9 Å². The standard InChI is InChI=1S/C11H16.C11H24.C10H19NO2.C10H18O.C10H14.C9H19N.C9H17N.C9H16.C9H20.C8H18N2.C8H16O.C8H14O.C8H14.C8H16.C7H14/c1-10(2)8-9-11-6-4-3-5-7-11;1-4-5-6-7-8-9-10-11(2)3;1-9(2)3-4-10(12)11-5-7-13-8-6-11;1-7(2)10-5-8(3)11-9(4)6-10;1-9(2)8-10-6-4-3-5-7-10;2*1-8(2)9-4-6-10(3)7-5-9;1-8(2)9-6-4-3-5-7-9;1-8(2)6-7-9(3,4)5;1-6(2)8-7(3)9-4-5-10-8;2*1-7(2)8-3-5-9-6-4-8;1-7(2)8-5-3-4-6-8;1-6(2)8(5)7(3)4;1-6(2)5-7-3-4-7/h3-7,10H,8-9H2,1-2H3;11H,4-10H2,1-3H3;9H,3-8H2,1-2H3;5,7-9H,6H2,1-4H3;3-7,9H,8H2,1-2H3;8-9H,4-7H2,1-3H3;4,8H,5-7H2,1-3H3;6,8H,3-5,7H2,1-2H3;8H,6-7H2,1-5H3;6-10H,4-5H2,1-3H3;7-8H,3-6H2,1-2H3;3,7H,4-6H2,1-2H3;5,7H,3-4,6H2,1-2H3;6H,1-5H3;6-7H,3-5H2,1-2H3/t;;;8-,9+;;;;;;;;;;;/m...0.........../s1. The third-order valence-electron chi connectivity index (χ3n) is 29.5. The van der Waals surface area contributed by atoms with Gasteiger partial charge in [0.1, 0.15) is 0 Å². The Labute approximate surface area is 908 Å². The van der Waals surface area contributed by atoms with Crippen molar-refractivity contribution in [1.29, 1.82) is 0 Å². The monoisotopic (exact) mass is 2030 g/mol. The highest BCUT2D eigenvalue weighted by molar-refractivity contribution is 5.76. The summed E-state index contributed by atoms with van der Waals surface area (Å²) in [4.78, 5) is 18.3. The average molecular weight is 2030 g/mol. The first-order chi connectivity index (χ1) is 68.2. The van der Waals surface area contributed by atoms with Crippen LogP contribution in [-0.4, -0.2) is 151 Å². The molecule has 2 aromatic rings. The van der Waals surface area contributed by atoms with Crippen LogP contribution in [0.1, 0.15) is 474 Å². The summed E-state index contributed by atoms with van der Waals surface area (Å²) in [7, 11) is 4.39. The van der Waals surface area contributed by atoms with Crippen LogP contribution >= 0.6 is 0 Å². The second-order valence-corrected chi connectivity index (χ2v) is 51.3. The first-order valence-electron chi connectivity index (χ1n) is 60.9. The minimum atomic E-state index is 0.289. The Balaban J connectivity index is -0.00000149. The molecule has 850 valence electrons. The lowest BCUT2D eigenvalue weighted by Crippen LogP contribution is -2.56. The molecule has 5 fully saturated rings. The van der Waals surface area contributed by atoms with Gasteiger partial charge >= 0.3 is 0 Å². The topological polar surface area (TPSA) is 87.8 Å². The number of hydrogen-bond acceptors (Lipinski definition) is 9. The summed E-state index contributed by atoms with van der Waals surface area (Å²) in [5, 5.41) is 6.96. The number of nitrogens with zero attached hydrogens (tertiary/aromatic N) is 3. The number of carbonyl (C=O) groups excluding carboxylic acids is 1. The van der Waals surface area contributed by atoms with Crippen molar-refractivity contribution in [3.8, 4) is 0 Å². The molecule has 4 atom stereocenters. The minimum absolute atomic E-state index is 0.289. The molecule has 145 heavy (non-hydrogen) atoms. The number of likely N-dealkylation sites (tertiary alicyclic amines) is 1. The molecule has 4 saturated heterocycles. The van der Waals surface area contributed by atoms with Crippen molar-refractivity contribution in [3.63, 3.8) is 0 Å². The van der Waals surface area contributed by atoms with E-state index < -0.39 is 0 Å². The molecule has 1 amide bonds. The van der Waals surface area contributed by atoms with Crippen molar-refractivity contribution in [3.05, 3.63) is 141 Å². The van der Waals surface area contributed by atoms with E-state index in [2.05, 4.69) is 403 Å². The number of amides is 1. The van der Waals surface area contributed by atoms with Gasteiger partial charge in [-0.1, -0.05) is 430 Å². The van der Waals surface area contributed by atoms with Gasteiger partial charge in [0.25, 0.3) is 0 Å². The fourth-order valence-corrected chi connectivity index (χ4v) is 18.5. The number of ether oxygens (including phenoxy) is 4. The molecule has 10 aliphatic rings. The summed E-state index contributed by atoms with van der Waals surface area (Å²) in [6, 6.07) is 22.6. The number of likely N-dealkylation sites (N-methyl/N-ethyl adjacent to an activating group) is 1. The number of aryl methyl sites for hydroxylation is 1. The van der Waals surface area contributed by atoms with Crippen LogP contribution in [0.15, 0.2) is 130 Å². The molecule has 10 heteroatoms. The maximum absolute atomic E-state index is 11.6. The summed E-state index contributed by atoms with van der Waals surface area (Å²) in [6.45, 7) is 104. The van der Waals surface area contributed by atoms with E-state index in [-0.39, 0.29) is 5.91 Å². The van der Waals surface area contributed by atoms with E-state index in [1.54, 1.807) is 27.9 Å². The summed E-state index contributed by atoms with van der Waals surface area (Å²) < 4.78 is 21.2. The Hall–Kier alpha value is -3.97. The summed E-state index contributed by atoms with van der Waals surface area (Å²) in [6.07, 6.45) is 53.5. The lowest BCUT2D eigenvalue weighted by atomic mass is 9.87. The van der Waals surface area contributed by atoms with E-state index >= 15 is 0 Å². The average Bonchev–Trinajstić information content (AvgIpc) is 1.30. The molecule has 7 heterocycles. The third kappa shape index (κ3) is 89.1. The van der Waals surface area contributed by atoms with Crippen molar-refractivity contribution < 1.29 is 23.7 Å². The van der Waals surface area contributed by atoms with E-state index in [0.29, 0.717) is 67.1 Å². The highest BCUT2D eigenvalue weighted by Crippen LogP contribution is 2.35. The minimum Gasteiger partial charge on any atom is -0.381 e. The maximum atomic E-state index is 11.6. The Morgan fingerprint density at radius 1 is 0.434 bits per heavy atom. The number of rotatable bonds is 28. The van der Waals surface area contributed by atoms with Gasteiger partial charge in [0.2, 0.25) is 5.91 Å². The fraction of sp³-hybridized carbons (Fsp3) is 0.815. The molecule has 10 nitrogen and oxygen atoms in total. The molecule has 0 radical (unpaired) electrons. The van der Waals surface area contributed by atoms with Crippen LogP contribution in [0.3, 0.4) is 0 Å². The second kappa shape index (κ2) is 90.4. The quantitative estimate of drug-likeness (QED) is 0.0639. The van der Waals surface area contributed by atoms with Crippen LogP contribution in [0.5, 0.6) is 0 Å². The zero-order valence-electron chi connectivity index (χ0n) is 105. The van der Waals surface area contributed by atoms with Gasteiger partial charge in [-0.25, -0.2) is 0 Å². The van der Waals surface area contributed by atoms with Gasteiger partial charge < -0.3 is 44.3 Å². The zero-order valence-corrected chi connectivity index (χ0v) is 105. The smallest absolute Gasteiger partial charge is 0.222 e. The van der Waals surface area contributed by atoms with Crippen LogP contribution < -0.4 is 10.6 Å². The van der Waals surface area contributed by atoms with Crippen LogP contribution in [0.25, 0.3) is 0 Å². The van der Waals surface area contributed by atoms with E-state index in [1.165, 1.54) is 215 Å². The van der Waals surface area contributed by atoms with Crippen molar-refractivity contribution in [1.82, 2.24) is 25.3 Å². The van der Waals surface area contributed by atoms with E-state index in [1.807, 2.05) is 4.90 Å². The number of piperazine rings is 1. The van der Waals surface area contributed by atoms with Crippen LogP contribution in [0.2, 0.25) is 0 Å². The summed E-state index contributed by atoms with van der Waals surface area (Å²) >= 11 is 0. The molecular formula is C135H255N5O5. The molecule has 2 unspecified atom stereocenters. The molecule has 12 rings (SSSR count). The van der Waals surface area contributed by atoms with Crippen LogP contribution in [0, 0.1) is 112 Å². The van der Waals surface area contributed by atoms with Crippen molar-refractivity contribution >= 4 is 5.91 Å². The van der Waals surface area contributed by atoms with Gasteiger partial charge in [0.05, 0.1) is 38.6 Å². The molecule has 7 aliphatic heterocycles. The molecule has 3 aliphatic carbocycles. The largest absolute Gasteiger partial charge is 0.381 e. The molecule has 0 spiro atoms. The number of piperidine rings is 1. The van der Waals surface area contributed by atoms with E-state index in [9.17, 15) is 4.79 Å². The summed E-state index contributed by atoms with van der Waals surface area (Å²) in [5.74, 6) is 15.2. The van der Waals surface area contributed by atoms with Gasteiger partial charge in [-0.2, -0.15) is 0 Å². The molecule has 1 saturated carbocycles. The summed E-state index contributed by atoms with van der Waals surface area (Å²) in [5.41, 5.74) is 14.5. The number of morpholine rings is 1. The number of hydrogen-bond donors (Lipinski definition) is 2. The maximum Gasteiger partial charge on any atom is 0.222 e. The molecule has 2 aromatic carbocycles. The number of benzene rings is 2. The Morgan fingerprint density at radius 2 is 0.910 bits per heavy atom. The predicted octanol–water partition coefficient (Wildman–Crippen LogP) is 37.9. The highest BCUT2D eigenvalue weighted by Gasteiger charge is 2.26. The van der Waals surface area contributed by atoms with Crippen molar-refractivity contribution in [2.24, 2.45) is 112 Å². The highest BCUT2D eigenvalue weighted by atomic mass is 16.5. The SMILES string of the molecule is CC(C)=C(C)C(C)C.CC(C)C1=CCCC1.CC(C)C1=CCCCC1.CC(C)C1=CCN(C)CC1.CC(C)C1=CCOCC1.CC(C)C1=C[C@H](C)O[C@H](C)C1.CC(C)C1CCN(C)CC1.CC(C)C1CCOCC1.CC(C)C1NCCNC1C.CC(C)CC1CC1.CC(C)CCC(=O)N1CCOCC1.CC(C)CCC(C)(C)C.CC(C)CCc1ccccc1.CC(C)Cc1ccccc1.CCCCCCCCC(C)C. The van der Waals surface area contributed by atoms with Gasteiger partial charge in [0.15, 0.2) is 0 Å². The second-order valence-electron chi connectivity index (χ2n) is 51.3. The molecular weight excluding hydrogens is 1770 g/mol. The number of allylic oxidation sites excluding steroid dienone is 6. The third-order valence-corrected chi connectivity index (χ3v) is 29.5. The van der Waals surface area contributed by atoms with Gasteiger partial charge in [-0.3, -0.25) is 4.79 Å². The Kier molecular flexibility index (Phi) is 90.5. The molecule has 0 aromatic heterocycles. The number of unbranched alkanes of at least 4 members (excludes halogenated alkanes) is 5. The first-order valence-corrected chi connectivity index (χ1v) is 60.9. The Morgan fingerprint density at radius 3 is 1.27 bits per heavy atom. The predicted molar refractivity (Wildman–Crippen MR) is 650 cm³/mol. The number of nitrogens with one attached hydrogen (secondary N) is 2. The Bertz CT molecular complexity index is 3410. The number of carbonyl (C=O) groups is 1. The first kappa shape index (κ1) is 145. The lowest BCUT2D eigenvalue weighted by molar-refractivity contribution is -0.135. The fourth-order valence-electron chi connectivity index (χ4n) is 18.5. The van der Waals surface area contributed by atoms with Crippen molar-refractivity contribution in [2.75, 3.05) is 106 Å². The lowest BCUT2D eigenvalue weighted by Gasteiger charge is -2.33. The van der Waals surface area contributed by atoms with Gasteiger partial charge in [-0.15, -0.1) is 0 Å². The van der Waals surface area contributed by atoms with E-state index in [0.717, 1.165) is 167 Å². The molecule has 2 N–H and O–H groups in total. The zero-order chi connectivity index (χ0) is 110. The normalized spacial score (nSPS) is 19.3. The molecule has 0 bridgehead atoms. The van der Waals surface area contributed by atoms with Gasteiger partial charge in [0, 0.05) is 71.0 Å². The van der Waals surface area contributed by atoms with Crippen LogP contribution in [-0.2, 0) is 36.6 Å². The van der Waals surface area contributed by atoms with Gasteiger partial charge in [-0.05, 0) is 320 Å². The van der Waals surface area contributed by atoms with Crippen LogP contribution in [0.4, 0.5) is 0 Å².